The van der Waals surface area contributed by atoms with Gasteiger partial charge in [0.1, 0.15) is 0 Å². The second-order valence-corrected chi connectivity index (χ2v) is 4.18. The van der Waals surface area contributed by atoms with Crippen molar-refractivity contribution in [3.05, 3.63) is 30.1 Å². The molecule has 0 fully saturated rings. The first kappa shape index (κ1) is 14.9. The largest absolute Gasteiger partial charge is 0.480 e. The van der Waals surface area contributed by atoms with Crippen molar-refractivity contribution < 1.29 is 19.8 Å². The highest BCUT2D eigenvalue weighted by Crippen LogP contribution is 2.09. The van der Waals surface area contributed by atoms with Gasteiger partial charge in [-0.25, -0.2) is 9.59 Å². The number of urea groups is 1. The molecule has 0 aliphatic rings. The van der Waals surface area contributed by atoms with Gasteiger partial charge >= 0.3 is 12.0 Å². The molecular weight excluding hydrogens is 250 g/mol. The van der Waals surface area contributed by atoms with Crippen LogP contribution >= 0.6 is 0 Å². The molecule has 0 radical (unpaired) electrons. The molecule has 7 heteroatoms. The summed E-state index contributed by atoms with van der Waals surface area (Å²) in [6.07, 6.45) is 2.02. The fourth-order valence-electron chi connectivity index (χ4n) is 1.50. The van der Waals surface area contributed by atoms with Crippen molar-refractivity contribution in [3.8, 4) is 0 Å². The number of amides is 2. The van der Waals surface area contributed by atoms with Gasteiger partial charge in [-0.3, -0.25) is 4.98 Å². The first-order valence-electron chi connectivity index (χ1n) is 5.79. The van der Waals surface area contributed by atoms with Crippen molar-refractivity contribution >= 4 is 12.0 Å². The lowest BCUT2D eigenvalue weighted by molar-refractivity contribution is -0.141. The molecule has 1 heterocycles. The Morgan fingerprint density at radius 2 is 1.79 bits per heavy atom. The molecule has 2 amide bonds. The number of carbonyl (C=O) groups excluding carboxylic acids is 1. The highest BCUT2D eigenvalue weighted by molar-refractivity contribution is 5.83. The van der Waals surface area contributed by atoms with Crippen molar-refractivity contribution in [2.45, 2.75) is 32.0 Å². The SMILES string of the molecule is CC(NC(=O)N[C@H](C(=O)O)[C@@H](C)O)c1ccncc1. The van der Waals surface area contributed by atoms with Gasteiger partial charge in [0.2, 0.25) is 0 Å². The number of rotatable bonds is 5. The van der Waals surface area contributed by atoms with E-state index in [9.17, 15) is 14.7 Å². The molecule has 1 aromatic rings. The molecule has 3 atom stereocenters. The number of aliphatic hydroxyl groups is 1. The van der Waals surface area contributed by atoms with Gasteiger partial charge in [0.15, 0.2) is 6.04 Å². The van der Waals surface area contributed by atoms with Crippen molar-refractivity contribution in [3.63, 3.8) is 0 Å². The molecule has 0 aliphatic carbocycles. The van der Waals surface area contributed by atoms with E-state index < -0.39 is 24.1 Å². The van der Waals surface area contributed by atoms with E-state index in [1.165, 1.54) is 6.92 Å². The second kappa shape index (κ2) is 6.69. The molecule has 0 saturated heterocycles. The van der Waals surface area contributed by atoms with Gasteiger partial charge in [0.25, 0.3) is 0 Å². The molecule has 1 rings (SSSR count). The normalized spacial score (nSPS) is 15.1. The molecule has 4 N–H and O–H groups in total. The summed E-state index contributed by atoms with van der Waals surface area (Å²) in [6, 6.07) is 1.19. The van der Waals surface area contributed by atoms with E-state index in [4.69, 9.17) is 5.11 Å². The smallest absolute Gasteiger partial charge is 0.328 e. The van der Waals surface area contributed by atoms with Crippen molar-refractivity contribution in [2.24, 2.45) is 0 Å². The predicted molar refractivity (Wildman–Crippen MR) is 67.4 cm³/mol. The Kier molecular flexibility index (Phi) is 5.25. The second-order valence-electron chi connectivity index (χ2n) is 4.18. The van der Waals surface area contributed by atoms with Crippen molar-refractivity contribution in [1.29, 1.82) is 0 Å². The molecular formula is C12H17N3O4. The van der Waals surface area contributed by atoms with Crippen LogP contribution in [0.25, 0.3) is 0 Å². The minimum atomic E-state index is -1.34. The Morgan fingerprint density at radius 3 is 2.26 bits per heavy atom. The first-order valence-corrected chi connectivity index (χ1v) is 5.79. The Morgan fingerprint density at radius 1 is 1.21 bits per heavy atom. The molecule has 19 heavy (non-hydrogen) atoms. The van der Waals surface area contributed by atoms with E-state index >= 15 is 0 Å². The Hall–Kier alpha value is -2.15. The van der Waals surface area contributed by atoms with E-state index in [1.807, 2.05) is 0 Å². The number of nitrogens with one attached hydrogen (secondary N) is 2. The van der Waals surface area contributed by atoms with Crippen LogP contribution in [-0.2, 0) is 4.79 Å². The number of hydrogen-bond acceptors (Lipinski definition) is 4. The van der Waals surface area contributed by atoms with E-state index in [0.717, 1.165) is 5.56 Å². The Labute approximate surface area is 110 Å². The van der Waals surface area contributed by atoms with Crippen LogP contribution in [0.4, 0.5) is 4.79 Å². The van der Waals surface area contributed by atoms with Crippen LogP contribution in [0, 0.1) is 0 Å². The lowest BCUT2D eigenvalue weighted by Crippen LogP contribution is -2.51. The number of hydrogen-bond donors (Lipinski definition) is 4. The van der Waals surface area contributed by atoms with E-state index in [1.54, 1.807) is 31.5 Å². The zero-order valence-corrected chi connectivity index (χ0v) is 10.7. The Bertz CT molecular complexity index is 436. The average molecular weight is 267 g/mol. The number of pyridine rings is 1. The summed E-state index contributed by atoms with van der Waals surface area (Å²) in [5.41, 5.74) is 0.842. The predicted octanol–water partition coefficient (Wildman–Crippen LogP) is 0.276. The van der Waals surface area contributed by atoms with E-state index in [-0.39, 0.29) is 6.04 Å². The Balaban J connectivity index is 2.58. The van der Waals surface area contributed by atoms with Crippen LogP contribution in [-0.4, -0.2) is 39.3 Å². The summed E-state index contributed by atoms with van der Waals surface area (Å²) in [6.45, 7) is 3.05. The molecule has 0 bridgehead atoms. The quantitative estimate of drug-likeness (QED) is 0.612. The van der Waals surface area contributed by atoms with E-state index in [2.05, 4.69) is 15.6 Å². The number of carboxylic acids is 1. The molecule has 7 nitrogen and oxygen atoms in total. The maximum Gasteiger partial charge on any atom is 0.328 e. The highest BCUT2D eigenvalue weighted by Gasteiger charge is 2.25. The number of aliphatic carboxylic acids is 1. The van der Waals surface area contributed by atoms with E-state index in [0.29, 0.717) is 0 Å². The number of nitrogens with zero attached hydrogens (tertiary/aromatic N) is 1. The topological polar surface area (TPSA) is 112 Å². The molecule has 1 aromatic heterocycles. The van der Waals surface area contributed by atoms with Gasteiger partial charge in [-0.1, -0.05) is 0 Å². The fraction of sp³-hybridized carbons (Fsp3) is 0.417. The molecule has 0 spiro atoms. The highest BCUT2D eigenvalue weighted by atomic mass is 16.4. The van der Waals surface area contributed by atoms with Gasteiger partial charge in [-0.2, -0.15) is 0 Å². The van der Waals surface area contributed by atoms with Crippen LogP contribution in [0.1, 0.15) is 25.5 Å². The number of aromatic nitrogens is 1. The standard InChI is InChI=1S/C12H17N3O4/c1-7(9-3-5-13-6-4-9)14-12(19)15-10(8(2)16)11(17)18/h3-8,10,16H,1-2H3,(H,17,18)(H2,14,15,19)/t7?,8-,10+/m1/s1. The zero-order chi connectivity index (χ0) is 14.4. The molecule has 1 unspecified atom stereocenters. The number of aliphatic hydroxyl groups excluding tert-OH is 1. The summed E-state index contributed by atoms with van der Waals surface area (Å²) in [4.78, 5) is 26.3. The third kappa shape index (κ3) is 4.55. The van der Waals surface area contributed by atoms with Crippen molar-refractivity contribution in [1.82, 2.24) is 15.6 Å². The van der Waals surface area contributed by atoms with Gasteiger partial charge in [-0.15, -0.1) is 0 Å². The third-order valence-electron chi connectivity index (χ3n) is 2.59. The fourth-order valence-corrected chi connectivity index (χ4v) is 1.50. The number of carboxylic acid groups (broad SMARTS) is 1. The van der Waals surface area contributed by atoms with Crippen LogP contribution in [0.3, 0.4) is 0 Å². The van der Waals surface area contributed by atoms with Gasteiger partial charge in [0.05, 0.1) is 12.1 Å². The van der Waals surface area contributed by atoms with Gasteiger partial charge in [-0.05, 0) is 31.5 Å². The monoisotopic (exact) mass is 267 g/mol. The molecule has 0 saturated carbocycles. The van der Waals surface area contributed by atoms with Gasteiger partial charge < -0.3 is 20.8 Å². The maximum absolute atomic E-state index is 11.6. The molecule has 104 valence electrons. The maximum atomic E-state index is 11.6. The summed E-state index contributed by atoms with van der Waals surface area (Å²) >= 11 is 0. The summed E-state index contributed by atoms with van der Waals surface area (Å²) in [5.74, 6) is -1.29. The molecule has 0 aromatic carbocycles. The van der Waals surface area contributed by atoms with Crippen LogP contribution in [0.15, 0.2) is 24.5 Å². The first-order chi connectivity index (χ1) is 8.91. The number of carbonyl (C=O) groups is 2. The lowest BCUT2D eigenvalue weighted by atomic mass is 10.1. The van der Waals surface area contributed by atoms with Crippen molar-refractivity contribution in [2.75, 3.05) is 0 Å². The third-order valence-corrected chi connectivity index (χ3v) is 2.59. The summed E-state index contributed by atoms with van der Waals surface area (Å²) in [7, 11) is 0. The van der Waals surface area contributed by atoms with Crippen LogP contribution in [0.2, 0.25) is 0 Å². The minimum absolute atomic E-state index is 0.300. The lowest BCUT2D eigenvalue weighted by Gasteiger charge is -2.20. The summed E-state index contributed by atoms with van der Waals surface area (Å²) < 4.78 is 0. The van der Waals surface area contributed by atoms with Crippen LogP contribution < -0.4 is 10.6 Å². The zero-order valence-electron chi connectivity index (χ0n) is 10.7. The average Bonchev–Trinajstić information content (AvgIpc) is 2.36. The minimum Gasteiger partial charge on any atom is -0.480 e. The summed E-state index contributed by atoms with van der Waals surface area (Å²) in [5, 5.41) is 22.9. The molecule has 0 aliphatic heterocycles. The van der Waals surface area contributed by atoms with Crippen LogP contribution in [0.5, 0.6) is 0 Å². The van der Waals surface area contributed by atoms with Gasteiger partial charge in [0, 0.05) is 12.4 Å².